The van der Waals surface area contributed by atoms with Gasteiger partial charge in [0.1, 0.15) is 5.82 Å². The molecule has 3 aromatic rings. The summed E-state index contributed by atoms with van der Waals surface area (Å²) >= 11 is 0. The van der Waals surface area contributed by atoms with Crippen molar-refractivity contribution in [3.8, 4) is 0 Å². The lowest BCUT2D eigenvalue weighted by Crippen LogP contribution is -2.31. The molecule has 1 aliphatic rings. The molecule has 28 heavy (non-hydrogen) atoms. The second kappa shape index (κ2) is 8.15. The number of aryl methyl sites for hydroxylation is 1. The molecule has 0 unspecified atom stereocenters. The van der Waals surface area contributed by atoms with Crippen LogP contribution in [0.4, 0.5) is 5.69 Å². The van der Waals surface area contributed by atoms with Crippen LogP contribution in [0.3, 0.4) is 0 Å². The van der Waals surface area contributed by atoms with Gasteiger partial charge in [0.25, 0.3) is 5.56 Å². The first-order valence-electron chi connectivity index (χ1n) is 10.1. The van der Waals surface area contributed by atoms with Crippen molar-refractivity contribution in [2.24, 2.45) is 0 Å². The van der Waals surface area contributed by atoms with Crippen molar-refractivity contribution >= 4 is 16.6 Å². The maximum Gasteiger partial charge on any atom is 0.262 e. The molecule has 5 heteroatoms. The van der Waals surface area contributed by atoms with Crippen LogP contribution in [0.15, 0.2) is 53.3 Å². The first-order chi connectivity index (χ1) is 13.7. The minimum absolute atomic E-state index is 0.0201. The van der Waals surface area contributed by atoms with Crippen molar-refractivity contribution in [2.45, 2.75) is 45.2 Å². The van der Waals surface area contributed by atoms with Crippen molar-refractivity contribution in [1.29, 1.82) is 0 Å². The average molecular weight is 377 g/mol. The van der Waals surface area contributed by atoms with Crippen molar-refractivity contribution in [3.63, 3.8) is 0 Å². The summed E-state index contributed by atoms with van der Waals surface area (Å²) in [4.78, 5) is 18.2. The van der Waals surface area contributed by atoms with Gasteiger partial charge in [0.05, 0.1) is 23.6 Å². The Morgan fingerprint density at radius 1 is 1.21 bits per heavy atom. The Balaban J connectivity index is 1.80. The molecule has 0 saturated heterocycles. The van der Waals surface area contributed by atoms with E-state index >= 15 is 0 Å². The Hall–Kier alpha value is -2.66. The van der Waals surface area contributed by atoms with E-state index < -0.39 is 0 Å². The van der Waals surface area contributed by atoms with Crippen LogP contribution in [0, 0.1) is 6.92 Å². The standard InChI is InChI=1S/C23H27N3O2/c1-3-28-15-22(17-8-5-4-6-9-17)26-16(2)24-21-13-12-19(14-20(21)23(26)27)25-18-10-7-11-18/h4-6,8-9,12-14,18,22,25H,3,7,10-11,15H2,1-2H3/t22-/m1/s1. The fourth-order valence-corrected chi connectivity index (χ4v) is 3.78. The van der Waals surface area contributed by atoms with Crippen LogP contribution in [0.25, 0.3) is 10.9 Å². The molecule has 0 spiro atoms. The zero-order valence-electron chi connectivity index (χ0n) is 16.5. The highest BCUT2D eigenvalue weighted by Crippen LogP contribution is 2.25. The van der Waals surface area contributed by atoms with Gasteiger partial charge in [-0.25, -0.2) is 4.98 Å². The molecular weight excluding hydrogens is 350 g/mol. The highest BCUT2D eigenvalue weighted by molar-refractivity contribution is 5.81. The van der Waals surface area contributed by atoms with Gasteiger partial charge in [0, 0.05) is 18.3 Å². The van der Waals surface area contributed by atoms with E-state index in [9.17, 15) is 4.79 Å². The van der Waals surface area contributed by atoms with E-state index in [1.165, 1.54) is 19.3 Å². The minimum atomic E-state index is -0.200. The number of rotatable bonds is 7. The molecule has 1 aliphatic carbocycles. The molecule has 2 aromatic carbocycles. The first kappa shape index (κ1) is 18.7. The van der Waals surface area contributed by atoms with E-state index in [4.69, 9.17) is 9.72 Å². The largest absolute Gasteiger partial charge is 0.382 e. The number of ether oxygens (including phenoxy) is 1. The first-order valence-corrected chi connectivity index (χ1v) is 10.1. The van der Waals surface area contributed by atoms with E-state index in [1.54, 1.807) is 4.57 Å². The predicted octanol–water partition coefficient (Wildman–Crippen LogP) is 4.30. The van der Waals surface area contributed by atoms with Crippen LogP contribution in [-0.2, 0) is 4.74 Å². The molecule has 0 bridgehead atoms. The van der Waals surface area contributed by atoms with Gasteiger partial charge < -0.3 is 10.1 Å². The molecular formula is C23H27N3O2. The summed E-state index contributed by atoms with van der Waals surface area (Å²) < 4.78 is 7.50. The number of aromatic nitrogens is 2. The van der Waals surface area contributed by atoms with E-state index in [-0.39, 0.29) is 11.6 Å². The highest BCUT2D eigenvalue weighted by atomic mass is 16.5. The molecule has 0 amide bonds. The molecule has 4 rings (SSSR count). The highest BCUT2D eigenvalue weighted by Gasteiger charge is 2.21. The van der Waals surface area contributed by atoms with Gasteiger partial charge in [0.2, 0.25) is 0 Å². The summed E-state index contributed by atoms with van der Waals surface area (Å²) in [6.45, 7) is 4.90. The maximum absolute atomic E-state index is 13.5. The molecule has 0 aliphatic heterocycles. The van der Waals surface area contributed by atoms with Gasteiger partial charge in [-0.2, -0.15) is 0 Å². The van der Waals surface area contributed by atoms with Crippen molar-refractivity contribution < 1.29 is 4.74 Å². The van der Waals surface area contributed by atoms with Gasteiger partial charge in [-0.1, -0.05) is 30.3 Å². The normalized spacial score (nSPS) is 15.4. The predicted molar refractivity (Wildman–Crippen MR) is 113 cm³/mol. The summed E-state index contributed by atoms with van der Waals surface area (Å²) in [5.74, 6) is 0.700. The van der Waals surface area contributed by atoms with Crippen molar-refractivity contribution in [2.75, 3.05) is 18.5 Å². The van der Waals surface area contributed by atoms with Crippen LogP contribution in [0.5, 0.6) is 0 Å². The molecule has 1 fully saturated rings. The number of hydrogen-bond donors (Lipinski definition) is 1. The monoisotopic (exact) mass is 377 g/mol. The molecule has 1 saturated carbocycles. The fraction of sp³-hybridized carbons (Fsp3) is 0.391. The smallest absolute Gasteiger partial charge is 0.262 e. The van der Waals surface area contributed by atoms with Crippen LogP contribution in [0.2, 0.25) is 0 Å². The Morgan fingerprint density at radius 3 is 2.68 bits per heavy atom. The molecule has 146 valence electrons. The quantitative estimate of drug-likeness (QED) is 0.667. The summed E-state index contributed by atoms with van der Waals surface area (Å²) in [5, 5.41) is 4.17. The van der Waals surface area contributed by atoms with Gasteiger partial charge in [-0.3, -0.25) is 9.36 Å². The molecule has 5 nitrogen and oxygen atoms in total. The average Bonchev–Trinajstić information content (AvgIpc) is 2.68. The molecule has 1 atom stereocenters. The van der Waals surface area contributed by atoms with E-state index in [0.717, 1.165) is 16.8 Å². The molecule has 1 heterocycles. The number of hydrogen-bond acceptors (Lipinski definition) is 4. The topological polar surface area (TPSA) is 56.1 Å². The lowest BCUT2D eigenvalue weighted by atomic mass is 9.93. The van der Waals surface area contributed by atoms with Crippen LogP contribution < -0.4 is 10.9 Å². The number of nitrogens with one attached hydrogen (secondary N) is 1. The SMILES string of the molecule is CCOC[C@H](c1ccccc1)n1c(C)nc2ccc(NC3CCC3)cc2c1=O. The minimum Gasteiger partial charge on any atom is -0.382 e. The third-order valence-corrected chi connectivity index (χ3v) is 5.53. The van der Waals surface area contributed by atoms with E-state index in [1.807, 2.05) is 62.4 Å². The number of fused-ring (bicyclic) bond motifs is 1. The third kappa shape index (κ3) is 3.67. The third-order valence-electron chi connectivity index (χ3n) is 5.53. The van der Waals surface area contributed by atoms with Gasteiger partial charge >= 0.3 is 0 Å². The second-order valence-corrected chi connectivity index (χ2v) is 7.42. The zero-order valence-corrected chi connectivity index (χ0v) is 16.5. The maximum atomic E-state index is 13.5. The lowest BCUT2D eigenvalue weighted by Gasteiger charge is -2.27. The summed E-state index contributed by atoms with van der Waals surface area (Å²) in [6.07, 6.45) is 3.66. The van der Waals surface area contributed by atoms with E-state index in [0.29, 0.717) is 30.5 Å². The lowest BCUT2D eigenvalue weighted by molar-refractivity contribution is 0.123. The fourth-order valence-electron chi connectivity index (χ4n) is 3.78. The number of benzene rings is 2. The Labute approximate surface area is 165 Å². The van der Waals surface area contributed by atoms with Crippen molar-refractivity contribution in [1.82, 2.24) is 9.55 Å². The summed E-state index contributed by atoms with van der Waals surface area (Å²) in [6, 6.07) is 16.3. The zero-order chi connectivity index (χ0) is 19.5. The van der Waals surface area contributed by atoms with Gasteiger partial charge in [0.15, 0.2) is 0 Å². The summed E-state index contributed by atoms with van der Waals surface area (Å²) in [5.41, 5.74) is 2.76. The van der Waals surface area contributed by atoms with Crippen molar-refractivity contribution in [3.05, 3.63) is 70.3 Å². The van der Waals surface area contributed by atoms with E-state index in [2.05, 4.69) is 5.32 Å². The second-order valence-electron chi connectivity index (χ2n) is 7.42. The van der Waals surface area contributed by atoms with Crippen LogP contribution in [-0.4, -0.2) is 28.8 Å². The molecule has 1 N–H and O–H groups in total. The summed E-state index contributed by atoms with van der Waals surface area (Å²) in [7, 11) is 0. The number of anilines is 1. The van der Waals surface area contributed by atoms with Gasteiger partial charge in [-0.15, -0.1) is 0 Å². The van der Waals surface area contributed by atoms with Crippen LogP contribution in [0.1, 0.15) is 43.6 Å². The van der Waals surface area contributed by atoms with Crippen LogP contribution >= 0.6 is 0 Å². The Bertz CT molecular complexity index is 1010. The Morgan fingerprint density at radius 2 is 2.00 bits per heavy atom. The molecule has 1 aromatic heterocycles. The number of nitrogens with zero attached hydrogens (tertiary/aromatic N) is 2. The molecule has 0 radical (unpaired) electrons. The Kier molecular flexibility index (Phi) is 5.44. The van der Waals surface area contributed by atoms with Gasteiger partial charge in [-0.05, 0) is 56.9 Å².